The van der Waals surface area contributed by atoms with E-state index in [4.69, 9.17) is 25.9 Å². The van der Waals surface area contributed by atoms with Crippen LogP contribution in [0, 0.1) is 55.1 Å². The highest BCUT2D eigenvalue weighted by Gasteiger charge is 2.41. The van der Waals surface area contributed by atoms with Crippen LogP contribution in [-0.2, 0) is 7.05 Å². The molecule has 0 saturated carbocycles. The molecule has 4 heterocycles. The molecule has 1 aliphatic rings. The second-order valence-electron chi connectivity index (χ2n) is 14.7. The van der Waals surface area contributed by atoms with Gasteiger partial charge in [-0.2, -0.15) is 0 Å². The van der Waals surface area contributed by atoms with Gasteiger partial charge in [0.25, 0.3) is 0 Å². The molecule has 0 unspecified atom stereocenters. The Morgan fingerprint density at radius 1 is 0.574 bits per heavy atom. The number of pyridine rings is 2. The van der Waals surface area contributed by atoms with Crippen LogP contribution in [0.5, 0.6) is 0 Å². The van der Waals surface area contributed by atoms with E-state index in [1.54, 1.807) is 54.1 Å². The highest BCUT2D eigenvalue weighted by molar-refractivity contribution is 7.11. The van der Waals surface area contributed by atoms with Crippen molar-refractivity contribution in [2.24, 2.45) is 7.05 Å². The molecule has 0 saturated heterocycles. The van der Waals surface area contributed by atoms with Gasteiger partial charge in [-0.3, -0.25) is 0 Å². The normalized spacial score (nSPS) is 16.7. The van der Waals surface area contributed by atoms with Crippen LogP contribution in [0.4, 0.5) is 0 Å². The van der Waals surface area contributed by atoms with E-state index in [1.165, 1.54) is 6.20 Å². The maximum atomic E-state index is 9.15. The van der Waals surface area contributed by atoms with Crippen molar-refractivity contribution in [1.29, 1.82) is 0 Å². The summed E-state index contributed by atoms with van der Waals surface area (Å²) in [4.78, 5) is 4.77. The molecule has 5 heteroatoms. The van der Waals surface area contributed by atoms with Crippen molar-refractivity contribution in [3.05, 3.63) is 154 Å². The highest BCUT2D eigenvalue weighted by Crippen LogP contribution is 2.38. The Morgan fingerprint density at radius 2 is 1.19 bits per heavy atom. The number of aromatic nitrogens is 2. The van der Waals surface area contributed by atoms with E-state index >= 15 is 0 Å². The van der Waals surface area contributed by atoms with E-state index < -0.39 is 40.8 Å². The maximum Gasteiger partial charge on any atom is 0.240 e. The Labute approximate surface area is 336 Å². The van der Waals surface area contributed by atoms with Crippen molar-refractivity contribution < 1.29 is 25.4 Å². The Bertz CT molecular complexity index is 3290. The Balaban J connectivity index is 1.45. The first kappa shape index (κ1) is 23.2. The molecule has 262 valence electrons. The number of aryl methyl sites for hydroxylation is 9. The zero-order chi connectivity index (χ0) is 47.6. The summed E-state index contributed by atoms with van der Waals surface area (Å²) in [5.74, 6) is 0. The van der Waals surface area contributed by atoms with E-state index in [2.05, 4.69) is 0 Å². The summed E-state index contributed by atoms with van der Waals surface area (Å²) in [6.07, 6.45) is 1.52. The maximum absolute atomic E-state index is 9.15. The minimum absolute atomic E-state index is 0.0992. The number of nitrogens with zero attached hydrogens (tertiary/aromatic N) is 2. The third kappa shape index (κ3) is 5.20. The van der Waals surface area contributed by atoms with Crippen LogP contribution in [0.1, 0.15) is 61.1 Å². The van der Waals surface area contributed by atoms with Gasteiger partial charge >= 0.3 is 0 Å². The molecule has 0 fully saturated rings. The zero-order valence-electron chi connectivity index (χ0n) is 42.8. The van der Waals surface area contributed by atoms with Crippen LogP contribution in [-0.4, -0.2) is 18.4 Å². The molecule has 0 radical (unpaired) electrons. The van der Waals surface area contributed by atoms with E-state index in [0.717, 1.165) is 16.6 Å². The summed E-state index contributed by atoms with van der Waals surface area (Å²) in [6.45, 7) is -4.76. The quantitative estimate of drug-likeness (QED) is 0.146. The lowest BCUT2D eigenvalue weighted by Crippen LogP contribution is -2.76. The molecule has 0 N–H and O–H groups in total. The summed E-state index contributed by atoms with van der Waals surface area (Å²) in [7, 11) is 1.74. The number of fused-ring (bicyclic) bond motifs is 5. The smallest absolute Gasteiger partial charge is 0.240 e. The molecule has 3 aromatic heterocycles. The lowest BCUT2D eigenvalue weighted by Gasteiger charge is -2.35. The first-order chi connectivity index (χ1) is 30.9. The minimum Gasteiger partial charge on any atom is -0.453 e. The van der Waals surface area contributed by atoms with Crippen molar-refractivity contribution in [3.63, 3.8) is 0 Å². The molecule has 0 aliphatic carbocycles. The summed E-state index contributed by atoms with van der Waals surface area (Å²) >= 11 is 0. The van der Waals surface area contributed by atoms with E-state index in [-0.39, 0.29) is 33.4 Å². The molecule has 0 amide bonds. The number of furan rings is 1. The lowest BCUT2D eigenvalue weighted by molar-refractivity contribution is -0.660. The number of benzene rings is 5. The average molecular weight is 712 g/mol. The molecule has 54 heavy (non-hydrogen) atoms. The second kappa shape index (κ2) is 12.7. The Hall–Kier alpha value is -5.67. The third-order valence-electron chi connectivity index (χ3n) is 11.3. The average Bonchev–Trinajstić information content (AvgIpc) is 3.59. The minimum atomic E-state index is -2.82. The van der Waals surface area contributed by atoms with Gasteiger partial charge < -0.3 is 4.42 Å². The molecule has 0 bridgehead atoms. The van der Waals surface area contributed by atoms with E-state index in [0.29, 0.717) is 71.8 Å². The van der Waals surface area contributed by atoms with Crippen LogP contribution in [0.25, 0.3) is 44.5 Å². The first-order valence-electron chi connectivity index (χ1n) is 24.2. The zero-order valence-corrected chi connectivity index (χ0v) is 30.8. The topological polar surface area (TPSA) is 29.9 Å². The van der Waals surface area contributed by atoms with Crippen LogP contribution in [0.2, 0.25) is 0 Å². The van der Waals surface area contributed by atoms with Gasteiger partial charge in [-0.1, -0.05) is 134 Å². The molecular formula is C49H45B2N2O+. The van der Waals surface area contributed by atoms with Gasteiger partial charge in [0.15, 0.2) is 17.4 Å². The standard InChI is InChI=1S/C49H45B2N2O/c1-28-20-22-36-48-44(23-21-35(8)52-48)54-49(36)45(28)43-26-38(34(7)27-53(43)9)37-25-42-41(24-33(37)6)50(46-29(2)14-12-15-30(46)3)39-18-10-11-19-40(39)51(42)47-31(4)16-13-17-32(47)5/h10-27H,1-9H3/q+1/i2D3,4D3,6D3,7D3. The van der Waals surface area contributed by atoms with Gasteiger partial charge in [-0.25, -0.2) is 9.55 Å². The molecule has 1 aliphatic heterocycles. The molecular weight excluding hydrogens is 654 g/mol. The van der Waals surface area contributed by atoms with Crippen molar-refractivity contribution in [3.8, 4) is 22.4 Å². The summed E-state index contributed by atoms with van der Waals surface area (Å²) < 4.78 is 115. The molecule has 3 nitrogen and oxygen atoms in total. The second-order valence-corrected chi connectivity index (χ2v) is 14.7. The van der Waals surface area contributed by atoms with Crippen molar-refractivity contribution >= 4 is 68.3 Å². The van der Waals surface area contributed by atoms with Crippen LogP contribution in [0.15, 0.2) is 114 Å². The van der Waals surface area contributed by atoms with Gasteiger partial charge in [-0.05, 0) is 95.6 Å². The molecule has 0 spiro atoms. The Kier molecular flexibility index (Phi) is 5.47. The molecule has 9 rings (SSSR count). The summed E-state index contributed by atoms with van der Waals surface area (Å²) in [5.41, 5.74) is 9.69. The van der Waals surface area contributed by atoms with Gasteiger partial charge in [0.1, 0.15) is 12.6 Å². The van der Waals surface area contributed by atoms with Gasteiger partial charge in [0.05, 0.1) is 5.56 Å². The van der Waals surface area contributed by atoms with Crippen LogP contribution < -0.4 is 37.3 Å². The fraction of sp³-hybridized carbons (Fsp3) is 0.184. The van der Waals surface area contributed by atoms with Gasteiger partial charge in [-0.15, -0.1) is 0 Å². The van der Waals surface area contributed by atoms with E-state index in [9.17, 15) is 0 Å². The highest BCUT2D eigenvalue weighted by atomic mass is 16.3. The summed E-state index contributed by atoms with van der Waals surface area (Å²) in [5, 5.41) is 0.760. The largest absolute Gasteiger partial charge is 0.453 e. The number of rotatable bonds is 4. The third-order valence-corrected chi connectivity index (χ3v) is 11.3. The first-order valence-corrected chi connectivity index (χ1v) is 18.2. The lowest BCUT2D eigenvalue weighted by atomic mass is 9.20. The van der Waals surface area contributed by atoms with Crippen molar-refractivity contribution in [2.45, 2.75) is 55.1 Å². The fourth-order valence-corrected chi connectivity index (χ4v) is 8.82. The van der Waals surface area contributed by atoms with Gasteiger partial charge in [0, 0.05) is 39.2 Å². The SMILES string of the molecule is [2H]C([2H])([2H])c1cc2c(cc1-c1cc(-c3c(C)ccc4c3oc3ccc(C)nc34)[n+](C)cc1C([2H])([2H])[2H])B(c1c(C)cccc1C([2H])([2H])[2H])c1ccccc1B2c1c(C)cccc1C([2H])([2H])[2H]. The Morgan fingerprint density at radius 3 is 1.83 bits per heavy atom. The predicted molar refractivity (Wildman–Crippen MR) is 230 cm³/mol. The van der Waals surface area contributed by atoms with Crippen LogP contribution >= 0.6 is 0 Å². The molecule has 0 atom stereocenters. The van der Waals surface area contributed by atoms with Crippen molar-refractivity contribution in [2.75, 3.05) is 0 Å². The van der Waals surface area contributed by atoms with Crippen molar-refractivity contribution in [1.82, 2.24) is 4.98 Å². The predicted octanol–water partition coefficient (Wildman–Crippen LogP) is 6.95. The molecule has 5 aromatic carbocycles. The molecule has 8 aromatic rings. The van der Waals surface area contributed by atoms with Crippen LogP contribution in [0.3, 0.4) is 0 Å². The number of hydrogen-bond donors (Lipinski definition) is 0. The van der Waals surface area contributed by atoms with E-state index in [1.807, 2.05) is 88.4 Å². The summed E-state index contributed by atoms with van der Waals surface area (Å²) in [6, 6.07) is 30.4. The number of hydrogen-bond acceptors (Lipinski definition) is 2. The van der Waals surface area contributed by atoms with Gasteiger partial charge in [0.2, 0.25) is 19.1 Å². The fourth-order valence-electron chi connectivity index (χ4n) is 8.82. The monoisotopic (exact) mass is 711 g/mol.